The van der Waals surface area contributed by atoms with E-state index in [1.54, 1.807) is 10.9 Å². The van der Waals surface area contributed by atoms with Crippen LogP contribution < -0.4 is 0 Å². The molecule has 2 fully saturated rings. The Morgan fingerprint density at radius 2 is 1.96 bits per heavy atom. The van der Waals surface area contributed by atoms with Crippen molar-refractivity contribution >= 4 is 5.97 Å². The van der Waals surface area contributed by atoms with Crippen molar-refractivity contribution in [2.45, 2.75) is 63.3 Å². The Morgan fingerprint density at radius 3 is 2.65 bits per heavy atom. The molecule has 128 valence electrons. The molecule has 4 nitrogen and oxygen atoms in total. The van der Waals surface area contributed by atoms with E-state index in [0.717, 1.165) is 19.3 Å². The van der Waals surface area contributed by atoms with Crippen LogP contribution in [0.5, 0.6) is 0 Å². The van der Waals surface area contributed by atoms with Crippen molar-refractivity contribution in [3.63, 3.8) is 0 Å². The highest BCUT2D eigenvalue weighted by atomic mass is 19.4. The lowest BCUT2D eigenvalue weighted by molar-refractivity contribution is -0.190. The Labute approximate surface area is 133 Å². The van der Waals surface area contributed by atoms with Crippen molar-refractivity contribution in [1.29, 1.82) is 0 Å². The van der Waals surface area contributed by atoms with Crippen molar-refractivity contribution in [1.82, 2.24) is 9.78 Å². The van der Waals surface area contributed by atoms with Crippen LogP contribution in [-0.4, -0.2) is 28.0 Å². The molecule has 1 aromatic rings. The van der Waals surface area contributed by atoms with Gasteiger partial charge in [0.25, 0.3) is 0 Å². The van der Waals surface area contributed by atoms with Gasteiger partial charge < -0.3 is 4.74 Å². The van der Waals surface area contributed by atoms with Crippen molar-refractivity contribution in [2.75, 3.05) is 0 Å². The molecule has 0 spiro atoms. The maximum atomic E-state index is 12.9. The summed E-state index contributed by atoms with van der Waals surface area (Å²) in [6.07, 6.45) is 2.44. The van der Waals surface area contributed by atoms with Crippen LogP contribution in [0.1, 0.15) is 51.0 Å². The van der Waals surface area contributed by atoms with Crippen LogP contribution in [0.4, 0.5) is 13.2 Å². The Balaban J connectivity index is 1.60. The molecule has 1 aromatic heterocycles. The van der Waals surface area contributed by atoms with Gasteiger partial charge in [0.05, 0.1) is 17.9 Å². The summed E-state index contributed by atoms with van der Waals surface area (Å²) < 4.78 is 46.0. The maximum Gasteiger partial charge on any atom is 0.391 e. The third-order valence-corrected chi connectivity index (χ3v) is 5.02. The third-order valence-electron chi connectivity index (χ3n) is 5.02. The molecule has 0 bridgehead atoms. The highest BCUT2D eigenvalue weighted by molar-refractivity contribution is 5.72. The van der Waals surface area contributed by atoms with E-state index in [-0.39, 0.29) is 25.0 Å². The second kappa shape index (κ2) is 6.53. The zero-order chi connectivity index (χ0) is 16.4. The fourth-order valence-electron chi connectivity index (χ4n) is 3.77. The molecular formula is C16H21F3N2O2. The van der Waals surface area contributed by atoms with Crippen LogP contribution in [0.15, 0.2) is 18.5 Å². The average molecular weight is 330 g/mol. The number of alkyl halides is 3. The molecule has 1 heterocycles. The molecular weight excluding hydrogens is 309 g/mol. The van der Waals surface area contributed by atoms with Gasteiger partial charge in [0.1, 0.15) is 6.10 Å². The average Bonchev–Trinajstić information content (AvgIpc) is 3.17. The van der Waals surface area contributed by atoms with E-state index in [9.17, 15) is 18.0 Å². The summed E-state index contributed by atoms with van der Waals surface area (Å²) in [6.45, 7) is 0. The topological polar surface area (TPSA) is 44.1 Å². The highest BCUT2D eigenvalue weighted by Gasteiger charge is 2.44. The van der Waals surface area contributed by atoms with Crippen molar-refractivity contribution in [3.05, 3.63) is 18.5 Å². The number of ether oxygens (including phenoxy) is 1. The van der Waals surface area contributed by atoms with E-state index in [2.05, 4.69) is 5.10 Å². The Kier molecular flexibility index (Phi) is 4.64. The minimum Gasteiger partial charge on any atom is -0.460 e. The van der Waals surface area contributed by atoms with E-state index in [1.807, 2.05) is 12.3 Å². The van der Waals surface area contributed by atoms with Crippen molar-refractivity contribution in [2.24, 2.45) is 11.8 Å². The number of hydrogen-bond donors (Lipinski definition) is 0. The summed E-state index contributed by atoms with van der Waals surface area (Å²) in [5.74, 6) is -2.48. The first kappa shape index (κ1) is 16.3. The molecule has 3 rings (SSSR count). The van der Waals surface area contributed by atoms with Gasteiger partial charge in [0.2, 0.25) is 0 Å². The van der Waals surface area contributed by atoms with Crippen LogP contribution in [0.3, 0.4) is 0 Å². The first-order valence-corrected chi connectivity index (χ1v) is 8.21. The Morgan fingerprint density at radius 1 is 1.17 bits per heavy atom. The molecule has 7 heteroatoms. The SMILES string of the molecule is O=C(O[C@@H]1CCC[C@H]1n1cccn1)[C@H]1CCC[C@@H](C(F)(F)F)C1. The molecule has 0 N–H and O–H groups in total. The predicted octanol–water partition coefficient (Wildman–Crippen LogP) is 3.89. The van der Waals surface area contributed by atoms with E-state index in [1.165, 1.54) is 0 Å². The zero-order valence-electron chi connectivity index (χ0n) is 12.8. The first-order valence-electron chi connectivity index (χ1n) is 8.21. The molecule has 0 unspecified atom stereocenters. The van der Waals surface area contributed by atoms with E-state index < -0.39 is 24.0 Å². The predicted molar refractivity (Wildman–Crippen MR) is 76.5 cm³/mol. The van der Waals surface area contributed by atoms with Crippen LogP contribution in [0, 0.1) is 11.8 Å². The second-order valence-electron chi connectivity index (χ2n) is 6.56. The third kappa shape index (κ3) is 3.70. The van der Waals surface area contributed by atoms with Gasteiger partial charge in [0, 0.05) is 12.4 Å². The van der Waals surface area contributed by atoms with E-state index in [4.69, 9.17) is 4.74 Å². The molecule has 0 amide bonds. The van der Waals surface area contributed by atoms with Crippen LogP contribution in [-0.2, 0) is 9.53 Å². The molecule has 4 atom stereocenters. The molecule has 2 aliphatic rings. The van der Waals surface area contributed by atoms with Gasteiger partial charge in [-0.25, -0.2) is 0 Å². The molecule has 0 aromatic carbocycles. The van der Waals surface area contributed by atoms with Gasteiger partial charge in [-0.1, -0.05) is 6.42 Å². The summed E-state index contributed by atoms with van der Waals surface area (Å²) in [5, 5.41) is 4.19. The van der Waals surface area contributed by atoms with Gasteiger partial charge in [0.15, 0.2) is 0 Å². The number of esters is 1. The monoisotopic (exact) mass is 330 g/mol. The van der Waals surface area contributed by atoms with Crippen LogP contribution in [0.25, 0.3) is 0 Å². The summed E-state index contributed by atoms with van der Waals surface area (Å²) >= 11 is 0. The fourth-order valence-corrected chi connectivity index (χ4v) is 3.77. The van der Waals surface area contributed by atoms with E-state index in [0.29, 0.717) is 12.8 Å². The van der Waals surface area contributed by atoms with Gasteiger partial charge in [-0.15, -0.1) is 0 Å². The minimum atomic E-state index is -4.22. The lowest BCUT2D eigenvalue weighted by Crippen LogP contribution is -2.35. The summed E-state index contributed by atoms with van der Waals surface area (Å²) in [4.78, 5) is 12.3. The van der Waals surface area contributed by atoms with Crippen LogP contribution in [0.2, 0.25) is 0 Å². The quantitative estimate of drug-likeness (QED) is 0.790. The molecule has 2 saturated carbocycles. The molecule has 0 radical (unpaired) electrons. The number of hydrogen-bond acceptors (Lipinski definition) is 3. The normalized spacial score (nSPS) is 32.0. The summed E-state index contributed by atoms with van der Waals surface area (Å²) in [6, 6.07) is 1.81. The van der Waals surface area contributed by atoms with Gasteiger partial charge in [-0.2, -0.15) is 18.3 Å². The smallest absolute Gasteiger partial charge is 0.391 e. The summed E-state index contributed by atoms with van der Waals surface area (Å²) in [5.41, 5.74) is 0. The molecule has 0 aliphatic heterocycles. The first-order chi connectivity index (χ1) is 10.9. The van der Waals surface area contributed by atoms with Crippen LogP contribution >= 0.6 is 0 Å². The second-order valence-corrected chi connectivity index (χ2v) is 6.56. The van der Waals surface area contributed by atoms with E-state index >= 15 is 0 Å². The largest absolute Gasteiger partial charge is 0.460 e. The zero-order valence-corrected chi connectivity index (χ0v) is 12.8. The number of aromatic nitrogens is 2. The van der Waals surface area contributed by atoms with Crippen molar-refractivity contribution < 1.29 is 22.7 Å². The number of carbonyl (C=O) groups is 1. The minimum absolute atomic E-state index is 0.00375. The Hall–Kier alpha value is -1.53. The maximum absolute atomic E-state index is 12.9. The molecule has 0 saturated heterocycles. The van der Waals surface area contributed by atoms with Gasteiger partial charge in [-0.3, -0.25) is 9.48 Å². The summed E-state index contributed by atoms with van der Waals surface area (Å²) in [7, 11) is 0. The number of rotatable bonds is 3. The lowest BCUT2D eigenvalue weighted by atomic mass is 9.81. The number of carbonyl (C=O) groups excluding carboxylic acids is 1. The number of nitrogens with zero attached hydrogens (tertiary/aromatic N) is 2. The lowest BCUT2D eigenvalue weighted by Gasteiger charge is -2.30. The van der Waals surface area contributed by atoms with Gasteiger partial charge >= 0.3 is 12.1 Å². The van der Waals surface area contributed by atoms with Crippen molar-refractivity contribution in [3.8, 4) is 0 Å². The number of halogens is 3. The molecule has 2 aliphatic carbocycles. The highest BCUT2D eigenvalue weighted by Crippen LogP contribution is 2.41. The standard InChI is InChI=1S/C16H21F3N2O2/c17-16(18,19)12-5-1-4-11(10-12)15(22)23-14-7-2-6-13(14)21-9-3-8-20-21/h3,8-9,11-14H,1-2,4-7,10H2/t11-,12+,13+,14+/m0/s1. The fraction of sp³-hybridized carbons (Fsp3) is 0.750. The van der Waals surface area contributed by atoms with Gasteiger partial charge in [-0.05, 0) is 44.6 Å². The molecule has 23 heavy (non-hydrogen) atoms. The Bertz CT molecular complexity index is 530.